The van der Waals surface area contributed by atoms with Crippen LogP contribution in [0.1, 0.15) is 17.5 Å². The highest BCUT2D eigenvalue weighted by Crippen LogP contribution is 2.22. The van der Waals surface area contributed by atoms with Gasteiger partial charge in [0.05, 0.1) is 6.04 Å². The first-order valence-corrected chi connectivity index (χ1v) is 5.42. The molecule has 0 radical (unpaired) electrons. The van der Waals surface area contributed by atoms with Crippen molar-refractivity contribution < 1.29 is 4.52 Å². The molecule has 5 nitrogen and oxygen atoms in total. The van der Waals surface area contributed by atoms with E-state index in [4.69, 9.17) is 10.3 Å². The Kier molecular flexibility index (Phi) is 2.38. The zero-order chi connectivity index (χ0) is 11.7. The van der Waals surface area contributed by atoms with Crippen LogP contribution in [0.3, 0.4) is 0 Å². The molecule has 0 aliphatic rings. The third-order valence-corrected chi connectivity index (χ3v) is 2.81. The molecule has 0 fully saturated rings. The fraction of sp³-hybridized carbons (Fsp3) is 0.167. The molecule has 3 rings (SSSR count). The van der Waals surface area contributed by atoms with Crippen molar-refractivity contribution in [2.24, 2.45) is 5.73 Å². The number of para-hydroxylation sites is 1. The lowest BCUT2D eigenvalue weighted by molar-refractivity contribution is 0.353. The maximum absolute atomic E-state index is 6.01. The zero-order valence-corrected chi connectivity index (χ0v) is 9.13. The van der Waals surface area contributed by atoms with Gasteiger partial charge in [-0.2, -0.15) is 4.98 Å². The van der Waals surface area contributed by atoms with E-state index in [2.05, 4.69) is 21.2 Å². The summed E-state index contributed by atoms with van der Waals surface area (Å²) >= 11 is 0. The fourth-order valence-corrected chi connectivity index (χ4v) is 1.97. The Hall–Kier alpha value is -2.14. The zero-order valence-electron chi connectivity index (χ0n) is 9.13. The van der Waals surface area contributed by atoms with Gasteiger partial charge in [0.1, 0.15) is 0 Å². The van der Waals surface area contributed by atoms with Crippen LogP contribution in [0.15, 0.2) is 41.3 Å². The summed E-state index contributed by atoms with van der Waals surface area (Å²) in [5, 5.41) is 4.74. The van der Waals surface area contributed by atoms with Crippen LogP contribution in [-0.2, 0) is 6.42 Å². The van der Waals surface area contributed by atoms with E-state index in [1.54, 1.807) is 0 Å². The number of benzene rings is 1. The van der Waals surface area contributed by atoms with Gasteiger partial charge in [0, 0.05) is 17.1 Å². The first-order chi connectivity index (χ1) is 8.34. The highest BCUT2D eigenvalue weighted by atomic mass is 16.5. The Morgan fingerprint density at radius 2 is 2.24 bits per heavy atom. The van der Waals surface area contributed by atoms with Crippen molar-refractivity contribution in [1.29, 1.82) is 0 Å². The molecule has 0 spiro atoms. The van der Waals surface area contributed by atoms with Crippen molar-refractivity contribution in [2.75, 3.05) is 0 Å². The Labute approximate surface area is 97.6 Å². The number of hydrogen-bond acceptors (Lipinski definition) is 4. The SMILES string of the molecule is N[C@@H](Cc1c[nH]c2ccccc12)c1ncno1. The van der Waals surface area contributed by atoms with Crippen LogP contribution in [0.2, 0.25) is 0 Å². The number of nitrogens with zero attached hydrogens (tertiary/aromatic N) is 2. The van der Waals surface area contributed by atoms with Gasteiger partial charge in [0.15, 0.2) is 6.33 Å². The number of nitrogens with one attached hydrogen (secondary N) is 1. The monoisotopic (exact) mass is 228 g/mol. The summed E-state index contributed by atoms with van der Waals surface area (Å²) in [6.45, 7) is 0. The molecule has 0 saturated carbocycles. The molecule has 2 aromatic heterocycles. The van der Waals surface area contributed by atoms with E-state index in [1.165, 1.54) is 11.7 Å². The Morgan fingerprint density at radius 3 is 3.06 bits per heavy atom. The maximum Gasteiger partial charge on any atom is 0.243 e. The molecular weight excluding hydrogens is 216 g/mol. The van der Waals surface area contributed by atoms with Crippen LogP contribution in [0.5, 0.6) is 0 Å². The second kappa shape index (κ2) is 4.03. The smallest absolute Gasteiger partial charge is 0.243 e. The summed E-state index contributed by atoms with van der Waals surface area (Å²) in [4.78, 5) is 7.18. The maximum atomic E-state index is 6.01. The molecule has 1 aromatic carbocycles. The molecule has 0 aliphatic carbocycles. The van der Waals surface area contributed by atoms with Gasteiger partial charge in [0.25, 0.3) is 0 Å². The van der Waals surface area contributed by atoms with E-state index in [9.17, 15) is 0 Å². The number of H-pyrrole nitrogens is 1. The van der Waals surface area contributed by atoms with E-state index in [-0.39, 0.29) is 6.04 Å². The molecule has 3 N–H and O–H groups in total. The highest BCUT2D eigenvalue weighted by Gasteiger charge is 2.14. The number of fused-ring (bicyclic) bond motifs is 1. The minimum absolute atomic E-state index is 0.267. The van der Waals surface area contributed by atoms with Crippen molar-refractivity contribution in [3.63, 3.8) is 0 Å². The van der Waals surface area contributed by atoms with Crippen molar-refractivity contribution in [1.82, 2.24) is 15.1 Å². The number of rotatable bonds is 3. The second-order valence-electron chi connectivity index (χ2n) is 3.95. The van der Waals surface area contributed by atoms with Crippen molar-refractivity contribution in [3.8, 4) is 0 Å². The van der Waals surface area contributed by atoms with Crippen LogP contribution in [0.25, 0.3) is 10.9 Å². The molecule has 86 valence electrons. The first-order valence-electron chi connectivity index (χ1n) is 5.42. The summed E-state index contributed by atoms with van der Waals surface area (Å²) in [5.41, 5.74) is 8.28. The molecule has 0 aliphatic heterocycles. The van der Waals surface area contributed by atoms with E-state index in [0.717, 1.165) is 11.1 Å². The van der Waals surface area contributed by atoms with Crippen LogP contribution in [0.4, 0.5) is 0 Å². The topological polar surface area (TPSA) is 80.7 Å². The quantitative estimate of drug-likeness (QED) is 0.716. The van der Waals surface area contributed by atoms with Gasteiger partial charge in [-0.05, 0) is 18.1 Å². The van der Waals surface area contributed by atoms with Gasteiger partial charge >= 0.3 is 0 Å². The van der Waals surface area contributed by atoms with Crippen molar-refractivity contribution in [2.45, 2.75) is 12.5 Å². The summed E-state index contributed by atoms with van der Waals surface area (Å²) in [7, 11) is 0. The molecule has 2 heterocycles. The number of aromatic amines is 1. The van der Waals surface area contributed by atoms with Crippen LogP contribution in [-0.4, -0.2) is 15.1 Å². The van der Waals surface area contributed by atoms with Crippen molar-refractivity contribution in [3.05, 3.63) is 48.2 Å². The minimum atomic E-state index is -0.267. The summed E-state index contributed by atoms with van der Waals surface area (Å²) < 4.78 is 4.96. The van der Waals surface area contributed by atoms with Crippen LogP contribution >= 0.6 is 0 Å². The number of nitrogens with two attached hydrogens (primary N) is 1. The van der Waals surface area contributed by atoms with E-state index in [1.807, 2.05) is 24.4 Å². The highest BCUT2D eigenvalue weighted by molar-refractivity contribution is 5.83. The molecule has 1 atom stereocenters. The summed E-state index contributed by atoms with van der Waals surface area (Å²) in [5.74, 6) is 0.468. The first kappa shape index (κ1) is 10.0. The molecule has 0 bridgehead atoms. The van der Waals surface area contributed by atoms with Gasteiger partial charge in [-0.15, -0.1) is 0 Å². The lowest BCUT2D eigenvalue weighted by atomic mass is 10.1. The van der Waals surface area contributed by atoms with E-state index < -0.39 is 0 Å². The number of hydrogen-bond donors (Lipinski definition) is 2. The molecule has 3 aromatic rings. The summed E-state index contributed by atoms with van der Waals surface area (Å²) in [6, 6.07) is 7.86. The van der Waals surface area contributed by atoms with Crippen molar-refractivity contribution >= 4 is 10.9 Å². The van der Waals surface area contributed by atoms with Crippen LogP contribution < -0.4 is 5.73 Å². The predicted octanol–water partition coefficient (Wildman–Crippen LogP) is 1.79. The fourth-order valence-electron chi connectivity index (χ4n) is 1.97. The lowest BCUT2D eigenvalue weighted by Crippen LogP contribution is -2.13. The standard InChI is InChI=1S/C12H12N4O/c13-10(12-15-7-16-17-12)5-8-6-14-11-4-2-1-3-9(8)11/h1-4,6-7,10,14H,5,13H2/t10-/m0/s1. The summed E-state index contributed by atoms with van der Waals surface area (Å²) in [6.07, 6.45) is 4.01. The predicted molar refractivity (Wildman–Crippen MR) is 63.2 cm³/mol. The van der Waals surface area contributed by atoms with Gasteiger partial charge < -0.3 is 15.2 Å². The van der Waals surface area contributed by atoms with Crippen LogP contribution in [0, 0.1) is 0 Å². The molecule has 17 heavy (non-hydrogen) atoms. The molecule has 0 amide bonds. The van der Waals surface area contributed by atoms with E-state index in [0.29, 0.717) is 12.3 Å². The molecule has 5 heteroatoms. The average molecular weight is 228 g/mol. The normalized spacial score (nSPS) is 13.0. The van der Waals surface area contributed by atoms with Gasteiger partial charge in [-0.3, -0.25) is 0 Å². The molecule has 0 unspecified atom stereocenters. The Balaban J connectivity index is 1.90. The lowest BCUT2D eigenvalue weighted by Gasteiger charge is -2.05. The third-order valence-electron chi connectivity index (χ3n) is 2.81. The molecular formula is C12H12N4O. The Bertz CT molecular complexity index is 614. The van der Waals surface area contributed by atoms with E-state index >= 15 is 0 Å². The van der Waals surface area contributed by atoms with Gasteiger partial charge in [-0.25, -0.2) is 0 Å². The largest absolute Gasteiger partial charge is 0.361 e. The minimum Gasteiger partial charge on any atom is -0.361 e. The average Bonchev–Trinajstić information content (AvgIpc) is 2.98. The van der Waals surface area contributed by atoms with Gasteiger partial charge in [-0.1, -0.05) is 23.4 Å². The van der Waals surface area contributed by atoms with Gasteiger partial charge in [0.2, 0.25) is 5.89 Å². The molecule has 0 saturated heterocycles. The second-order valence-corrected chi connectivity index (χ2v) is 3.95. The Morgan fingerprint density at radius 1 is 1.35 bits per heavy atom. The number of aromatic nitrogens is 3. The third kappa shape index (κ3) is 1.81.